The Labute approximate surface area is 281 Å². The summed E-state index contributed by atoms with van der Waals surface area (Å²) in [5, 5.41) is 10.3. The summed E-state index contributed by atoms with van der Waals surface area (Å²) in [7, 11) is 0. The van der Waals surface area contributed by atoms with Gasteiger partial charge in [0.1, 0.15) is 0 Å². The van der Waals surface area contributed by atoms with E-state index in [1.165, 1.54) is 98.7 Å². The van der Waals surface area contributed by atoms with E-state index >= 15 is 0 Å². The van der Waals surface area contributed by atoms with Crippen LogP contribution in [0.15, 0.2) is 121 Å². The Balaban J connectivity index is 1.44. The Morgan fingerprint density at radius 2 is 1.10 bits per heavy atom. The van der Waals surface area contributed by atoms with Crippen LogP contribution in [-0.4, -0.2) is 9.13 Å². The molecule has 7 aromatic carbocycles. The molecule has 0 saturated heterocycles. The summed E-state index contributed by atoms with van der Waals surface area (Å²) < 4.78 is 5.12. The average Bonchev–Trinajstić information content (AvgIpc) is 3.62. The molecule has 48 heavy (non-hydrogen) atoms. The minimum absolute atomic E-state index is 0.286. The minimum Gasteiger partial charge on any atom is -0.337 e. The van der Waals surface area contributed by atoms with Gasteiger partial charge in [-0.05, 0) is 84.8 Å². The number of fused-ring (bicyclic) bond motifs is 10. The molecule has 0 unspecified atom stereocenters. The first-order valence-corrected chi connectivity index (χ1v) is 17.3. The van der Waals surface area contributed by atoms with Crippen LogP contribution in [0.3, 0.4) is 0 Å². The highest BCUT2D eigenvalue weighted by molar-refractivity contribution is 6.25. The van der Waals surface area contributed by atoms with E-state index < -0.39 is 0 Å². The lowest BCUT2D eigenvalue weighted by Gasteiger charge is -2.19. The molecule has 0 radical (unpaired) electrons. The van der Waals surface area contributed by atoms with Crippen molar-refractivity contribution in [1.82, 2.24) is 9.13 Å². The fourth-order valence-electron chi connectivity index (χ4n) is 8.58. The molecule has 0 aliphatic heterocycles. The first kappa shape index (κ1) is 28.8. The number of aryl methyl sites for hydroxylation is 2. The van der Waals surface area contributed by atoms with Crippen molar-refractivity contribution in [3.05, 3.63) is 138 Å². The van der Waals surface area contributed by atoms with Crippen LogP contribution >= 0.6 is 0 Å². The summed E-state index contributed by atoms with van der Waals surface area (Å²) in [4.78, 5) is 0. The van der Waals surface area contributed by atoms with Gasteiger partial charge in [0.15, 0.2) is 0 Å². The zero-order valence-electron chi connectivity index (χ0n) is 28.6. The minimum atomic E-state index is 0.286. The molecule has 0 bridgehead atoms. The predicted octanol–water partition coefficient (Wildman–Crippen LogP) is 13.2. The van der Waals surface area contributed by atoms with Gasteiger partial charge >= 0.3 is 0 Å². The summed E-state index contributed by atoms with van der Waals surface area (Å²) in [5.41, 5.74) is 13.0. The summed E-state index contributed by atoms with van der Waals surface area (Å²) in [6, 6.07) is 45.9. The molecule has 2 heteroatoms. The Morgan fingerprint density at radius 3 is 1.88 bits per heavy atom. The van der Waals surface area contributed by atoms with Crippen LogP contribution in [0.4, 0.5) is 0 Å². The Bertz CT molecular complexity index is 2750. The SMILES string of the molecule is Cc1cc(-n2c3ccccc3c3cc(-c4cccc5c6ccc7ccccc7c6n(C(C)C)c45)c4ccccc4c32)c(C)cc1C(C)C. The van der Waals surface area contributed by atoms with Crippen molar-refractivity contribution >= 4 is 65.2 Å². The molecular formula is C46H40N2. The summed E-state index contributed by atoms with van der Waals surface area (Å²) in [6.07, 6.45) is 0. The molecule has 234 valence electrons. The Kier molecular flexibility index (Phi) is 6.36. The van der Waals surface area contributed by atoms with Crippen molar-refractivity contribution in [2.45, 2.75) is 53.5 Å². The second-order valence-electron chi connectivity index (χ2n) is 14.2. The average molecular weight is 621 g/mol. The molecule has 0 saturated carbocycles. The topological polar surface area (TPSA) is 9.86 Å². The predicted molar refractivity (Wildman–Crippen MR) is 208 cm³/mol. The molecule has 0 atom stereocenters. The van der Waals surface area contributed by atoms with E-state index in [1.54, 1.807) is 0 Å². The Morgan fingerprint density at radius 1 is 0.458 bits per heavy atom. The van der Waals surface area contributed by atoms with Gasteiger partial charge in [0, 0.05) is 49.6 Å². The number of para-hydroxylation sites is 2. The molecule has 9 rings (SSSR count). The van der Waals surface area contributed by atoms with Crippen molar-refractivity contribution in [3.63, 3.8) is 0 Å². The van der Waals surface area contributed by atoms with Crippen molar-refractivity contribution in [1.29, 1.82) is 0 Å². The maximum atomic E-state index is 2.59. The molecule has 2 aromatic heterocycles. The molecule has 2 nitrogen and oxygen atoms in total. The van der Waals surface area contributed by atoms with Gasteiger partial charge in [0.05, 0.1) is 22.1 Å². The van der Waals surface area contributed by atoms with Gasteiger partial charge < -0.3 is 9.13 Å². The molecule has 0 fully saturated rings. The maximum Gasteiger partial charge on any atom is 0.0620 e. The third kappa shape index (κ3) is 3.99. The van der Waals surface area contributed by atoms with E-state index in [-0.39, 0.29) is 6.04 Å². The fourth-order valence-corrected chi connectivity index (χ4v) is 8.58. The zero-order valence-corrected chi connectivity index (χ0v) is 28.6. The van der Waals surface area contributed by atoms with Crippen molar-refractivity contribution in [2.24, 2.45) is 0 Å². The van der Waals surface area contributed by atoms with Crippen LogP contribution in [0, 0.1) is 13.8 Å². The maximum absolute atomic E-state index is 2.59. The molecule has 0 spiro atoms. The van der Waals surface area contributed by atoms with Gasteiger partial charge in [0.2, 0.25) is 0 Å². The second-order valence-corrected chi connectivity index (χ2v) is 14.2. The molecule has 2 heterocycles. The quantitative estimate of drug-likeness (QED) is 0.185. The van der Waals surface area contributed by atoms with E-state index in [9.17, 15) is 0 Å². The molecule has 0 aliphatic rings. The van der Waals surface area contributed by atoms with E-state index in [4.69, 9.17) is 0 Å². The fraction of sp³-hybridized carbons (Fsp3) is 0.174. The monoisotopic (exact) mass is 620 g/mol. The van der Waals surface area contributed by atoms with Gasteiger partial charge in [-0.25, -0.2) is 0 Å². The highest BCUT2D eigenvalue weighted by Crippen LogP contribution is 2.46. The van der Waals surface area contributed by atoms with Crippen LogP contribution < -0.4 is 0 Å². The number of hydrogen-bond acceptors (Lipinski definition) is 0. The zero-order chi connectivity index (χ0) is 32.8. The van der Waals surface area contributed by atoms with Crippen molar-refractivity contribution in [2.75, 3.05) is 0 Å². The summed E-state index contributed by atoms with van der Waals surface area (Å²) in [5.74, 6) is 0.487. The lowest BCUT2D eigenvalue weighted by molar-refractivity contribution is 0.644. The number of hydrogen-bond donors (Lipinski definition) is 0. The van der Waals surface area contributed by atoms with E-state index in [0.717, 1.165) is 0 Å². The third-order valence-electron chi connectivity index (χ3n) is 10.6. The molecule has 0 N–H and O–H groups in total. The molecular weight excluding hydrogens is 581 g/mol. The normalized spacial score (nSPS) is 12.3. The summed E-state index contributed by atoms with van der Waals surface area (Å²) >= 11 is 0. The van der Waals surface area contributed by atoms with Crippen LogP contribution in [0.25, 0.3) is 82.0 Å². The van der Waals surface area contributed by atoms with E-state index in [0.29, 0.717) is 5.92 Å². The highest BCUT2D eigenvalue weighted by Gasteiger charge is 2.23. The molecule has 9 aromatic rings. The smallest absolute Gasteiger partial charge is 0.0620 e. The Hall–Kier alpha value is -5.34. The van der Waals surface area contributed by atoms with Gasteiger partial charge in [-0.3, -0.25) is 0 Å². The van der Waals surface area contributed by atoms with Gasteiger partial charge in [0.25, 0.3) is 0 Å². The van der Waals surface area contributed by atoms with E-state index in [1.807, 2.05) is 0 Å². The summed E-state index contributed by atoms with van der Waals surface area (Å²) in [6.45, 7) is 13.8. The van der Waals surface area contributed by atoms with Gasteiger partial charge in [-0.2, -0.15) is 0 Å². The first-order chi connectivity index (χ1) is 23.3. The lowest BCUT2D eigenvalue weighted by atomic mass is 9.93. The van der Waals surface area contributed by atoms with Crippen LogP contribution in [0.2, 0.25) is 0 Å². The van der Waals surface area contributed by atoms with E-state index in [2.05, 4.69) is 172 Å². The number of benzene rings is 7. The van der Waals surface area contributed by atoms with Gasteiger partial charge in [-0.15, -0.1) is 0 Å². The van der Waals surface area contributed by atoms with Crippen LogP contribution in [0.1, 0.15) is 56.3 Å². The number of rotatable bonds is 4. The lowest BCUT2D eigenvalue weighted by Crippen LogP contribution is -2.02. The first-order valence-electron chi connectivity index (χ1n) is 17.3. The standard InChI is InChI=1S/C46H40N2/c1-27(2)39-24-30(6)43(25-29(39)5)48-42-21-12-11-17-34(42)41-26-40(33-16-9-10-18-35(33)46(41)48)37-20-13-19-36-38-23-22-31-14-7-8-15-32(31)44(38)47(28(3)4)45(36)37/h7-28H,1-6H3. The molecule has 0 aliphatic carbocycles. The second kappa shape index (κ2) is 10.6. The van der Waals surface area contributed by atoms with Crippen molar-refractivity contribution < 1.29 is 0 Å². The van der Waals surface area contributed by atoms with Crippen molar-refractivity contribution in [3.8, 4) is 16.8 Å². The van der Waals surface area contributed by atoms with Crippen LogP contribution in [0.5, 0.6) is 0 Å². The van der Waals surface area contributed by atoms with Gasteiger partial charge in [-0.1, -0.05) is 117 Å². The highest BCUT2D eigenvalue weighted by atomic mass is 15.0. The van der Waals surface area contributed by atoms with Crippen LogP contribution in [-0.2, 0) is 0 Å². The third-order valence-corrected chi connectivity index (χ3v) is 10.6. The number of aromatic nitrogens is 2. The molecule has 0 amide bonds. The number of nitrogens with zero attached hydrogens (tertiary/aromatic N) is 2. The largest absolute Gasteiger partial charge is 0.337 e.